The summed E-state index contributed by atoms with van der Waals surface area (Å²) in [7, 11) is -5.05. The third-order valence-electron chi connectivity index (χ3n) is 10.3. The molecule has 0 radical (unpaired) electrons. The number of ether oxygens (including phenoxy) is 2. The lowest BCUT2D eigenvalue weighted by atomic mass is 9.85. The lowest BCUT2D eigenvalue weighted by Gasteiger charge is -2.41. The molecule has 0 aromatic heterocycles. The smallest absolute Gasteiger partial charge is 0.457 e. The topological polar surface area (TPSA) is 192 Å². The maximum atomic E-state index is 12.8. The van der Waals surface area contributed by atoms with Gasteiger partial charge in [0.1, 0.15) is 42.7 Å². The van der Waals surface area contributed by atoms with E-state index < -0.39 is 63.1 Å². The second kappa shape index (κ2) is 41.9. The van der Waals surface area contributed by atoms with E-state index in [4.69, 9.17) is 18.5 Å². The molecule has 1 aliphatic carbocycles. The number of carbonyl (C=O) groups excluding carboxylic acids is 1. The van der Waals surface area contributed by atoms with Crippen molar-refractivity contribution in [3.8, 4) is 0 Å². The molecule has 1 fully saturated rings. The molecule has 6 atom stereocenters. The molecule has 0 aromatic rings. The van der Waals surface area contributed by atoms with Crippen LogP contribution in [0, 0.1) is 0 Å². The first-order valence-corrected chi connectivity index (χ1v) is 25.9. The predicted octanol–water partition coefficient (Wildman–Crippen LogP) is 10.6. The first-order valence-electron chi connectivity index (χ1n) is 24.4. The summed E-state index contributed by atoms with van der Waals surface area (Å²) >= 11 is 0. The number of allylic oxidation sites excluding steroid dienone is 20. The molecule has 6 N–H and O–H groups in total. The zero-order valence-electron chi connectivity index (χ0n) is 39.9. The lowest BCUT2D eigenvalue weighted by molar-refractivity contribution is -0.220. The van der Waals surface area contributed by atoms with Crippen molar-refractivity contribution in [3.05, 3.63) is 122 Å². The molecule has 0 amide bonds. The number of rotatable bonds is 39. The van der Waals surface area contributed by atoms with Gasteiger partial charge in [0, 0.05) is 13.0 Å². The van der Waals surface area contributed by atoms with E-state index in [1.54, 1.807) is 0 Å². The van der Waals surface area contributed by atoms with Crippen molar-refractivity contribution in [1.82, 2.24) is 0 Å². The van der Waals surface area contributed by atoms with E-state index in [9.17, 15) is 39.8 Å². The van der Waals surface area contributed by atoms with Gasteiger partial charge in [-0.05, 0) is 96.3 Å². The number of carbonyl (C=O) groups is 1. The summed E-state index contributed by atoms with van der Waals surface area (Å²) in [4.78, 5) is 23.2. The number of unbranched alkanes of at least 4 members (excludes halogenated alkanes) is 7. The van der Waals surface area contributed by atoms with Crippen LogP contribution in [0.15, 0.2) is 122 Å². The van der Waals surface area contributed by atoms with Crippen LogP contribution >= 0.6 is 7.82 Å². The molecule has 0 bridgehead atoms. The average molecular weight is 945 g/mol. The van der Waals surface area contributed by atoms with E-state index in [1.807, 2.05) is 12.2 Å². The maximum absolute atomic E-state index is 12.8. The number of hydrogen-bond donors (Lipinski definition) is 6. The highest BCUT2D eigenvalue weighted by Gasteiger charge is 2.51. The predicted molar refractivity (Wildman–Crippen MR) is 266 cm³/mol. The van der Waals surface area contributed by atoms with Crippen LogP contribution in [0.25, 0.3) is 0 Å². The number of esters is 1. The van der Waals surface area contributed by atoms with Crippen molar-refractivity contribution in [3.63, 3.8) is 0 Å². The fraction of sp³-hybridized carbons (Fsp3) is 0.604. The van der Waals surface area contributed by atoms with Crippen molar-refractivity contribution in [2.45, 2.75) is 185 Å². The lowest BCUT2D eigenvalue weighted by Crippen LogP contribution is -2.64. The Morgan fingerprint density at radius 3 is 1.29 bits per heavy atom. The summed E-state index contributed by atoms with van der Waals surface area (Å²) in [5.74, 6) is -0.546. The highest BCUT2D eigenvalue weighted by Crippen LogP contribution is 2.47. The molecule has 0 saturated heterocycles. The molecule has 12 nitrogen and oxygen atoms in total. The second-order valence-corrected chi connectivity index (χ2v) is 17.6. The van der Waals surface area contributed by atoms with Gasteiger partial charge in [0.15, 0.2) is 0 Å². The molecule has 374 valence electrons. The summed E-state index contributed by atoms with van der Waals surface area (Å²) < 4.78 is 34.2. The number of phosphoric acid groups is 1. The van der Waals surface area contributed by atoms with E-state index in [-0.39, 0.29) is 13.0 Å². The number of aliphatic hydroxyl groups is 5. The van der Waals surface area contributed by atoms with Crippen molar-refractivity contribution >= 4 is 13.8 Å². The zero-order chi connectivity index (χ0) is 48.4. The maximum Gasteiger partial charge on any atom is 0.472 e. The normalized spacial score (nSPS) is 22.5. The minimum Gasteiger partial charge on any atom is -0.457 e. The van der Waals surface area contributed by atoms with Crippen LogP contribution in [0.1, 0.15) is 142 Å². The summed E-state index contributed by atoms with van der Waals surface area (Å²) in [6, 6.07) is 0. The quantitative estimate of drug-likeness (QED) is 0.0148. The third-order valence-corrected chi connectivity index (χ3v) is 11.3. The molecule has 0 aliphatic heterocycles. The standard InChI is InChI=1S/C53H85O12P/c1-3-5-7-9-11-13-15-17-19-21-22-23-24-25-26-27-28-30-32-34-36-38-40-42-47(54)64-46(45-63-66(60,61)65-53-51(58)49(56)48(55)50(57)52(53)59)44-62-43-41-39-37-35-33-31-29-20-18-16-14-12-10-8-6-4-2/h5-8,11-14,17-20,22-23,25-26,28,30,34,36,46,48-53,55-59H,3-4,9-10,15-16,21,24,27,29,31-33,35,37-45H2,1-2H3,(H,60,61)/b7-5-,8-6-,13-11-,14-12-,19-17-,20-18-,23-22-,26-25-,30-28-,36-34-. The van der Waals surface area contributed by atoms with Gasteiger partial charge in [0.05, 0.1) is 13.2 Å². The molecule has 0 heterocycles. The van der Waals surface area contributed by atoms with Crippen LogP contribution in [0.5, 0.6) is 0 Å². The Labute approximate surface area is 397 Å². The molecule has 0 spiro atoms. The monoisotopic (exact) mass is 945 g/mol. The van der Waals surface area contributed by atoms with Crippen LogP contribution in [-0.4, -0.2) is 98.9 Å². The van der Waals surface area contributed by atoms with E-state index in [0.717, 1.165) is 109 Å². The molecule has 66 heavy (non-hydrogen) atoms. The Morgan fingerprint density at radius 2 is 0.848 bits per heavy atom. The Kier molecular flexibility index (Phi) is 38.6. The summed E-state index contributed by atoms with van der Waals surface area (Å²) in [6.45, 7) is 3.92. The molecular formula is C53H85O12P. The summed E-state index contributed by atoms with van der Waals surface area (Å²) in [6.07, 6.45) is 48.4. The molecule has 1 saturated carbocycles. The zero-order valence-corrected chi connectivity index (χ0v) is 40.8. The van der Waals surface area contributed by atoms with Crippen molar-refractivity contribution in [1.29, 1.82) is 0 Å². The summed E-state index contributed by atoms with van der Waals surface area (Å²) in [5, 5.41) is 50.2. The highest BCUT2D eigenvalue weighted by atomic mass is 31.2. The van der Waals surface area contributed by atoms with Gasteiger partial charge in [-0.3, -0.25) is 13.8 Å². The SMILES string of the molecule is CC/C=C\C/C=C\C/C=C\C/C=C\C/C=C\C/C=C\C/C=C\CCCC(=O)OC(COCCCCCCCC/C=C\C/C=C\C/C=C\CC)COP(=O)(O)OC1C(O)C(O)C(O)C(O)C1O. The highest BCUT2D eigenvalue weighted by molar-refractivity contribution is 7.47. The van der Waals surface area contributed by atoms with Gasteiger partial charge in [-0.15, -0.1) is 0 Å². The van der Waals surface area contributed by atoms with Crippen LogP contribution in [-0.2, 0) is 27.9 Å². The average Bonchev–Trinajstić information content (AvgIpc) is 3.30. The molecule has 1 aliphatic rings. The minimum atomic E-state index is -5.05. The molecule has 6 unspecified atom stereocenters. The van der Waals surface area contributed by atoms with Crippen LogP contribution in [0.4, 0.5) is 0 Å². The fourth-order valence-corrected chi connectivity index (χ4v) is 7.51. The molecule has 13 heteroatoms. The first-order chi connectivity index (χ1) is 32.0. The van der Waals surface area contributed by atoms with E-state index in [1.165, 1.54) is 0 Å². The van der Waals surface area contributed by atoms with Crippen LogP contribution in [0.2, 0.25) is 0 Å². The second-order valence-electron chi connectivity index (χ2n) is 16.2. The molecule has 0 aromatic carbocycles. The van der Waals surface area contributed by atoms with Gasteiger partial charge in [-0.25, -0.2) is 4.57 Å². The fourth-order valence-electron chi connectivity index (χ4n) is 6.53. The molecule has 1 rings (SSSR count). The Morgan fingerprint density at radius 1 is 0.485 bits per heavy atom. The van der Waals surface area contributed by atoms with Crippen LogP contribution < -0.4 is 0 Å². The Bertz CT molecular complexity index is 1540. The first kappa shape index (κ1) is 60.8. The largest absolute Gasteiger partial charge is 0.472 e. The van der Waals surface area contributed by atoms with Gasteiger partial charge in [-0.1, -0.05) is 161 Å². The third kappa shape index (κ3) is 33.3. The van der Waals surface area contributed by atoms with E-state index in [0.29, 0.717) is 19.4 Å². The van der Waals surface area contributed by atoms with Crippen LogP contribution in [0.3, 0.4) is 0 Å². The van der Waals surface area contributed by atoms with Gasteiger partial charge in [0.25, 0.3) is 0 Å². The number of aliphatic hydroxyl groups excluding tert-OH is 5. The van der Waals surface area contributed by atoms with Crippen molar-refractivity contribution in [2.24, 2.45) is 0 Å². The van der Waals surface area contributed by atoms with E-state index >= 15 is 0 Å². The molecular weight excluding hydrogens is 860 g/mol. The Balaban J connectivity index is 2.44. The van der Waals surface area contributed by atoms with Crippen molar-refractivity contribution in [2.75, 3.05) is 19.8 Å². The van der Waals surface area contributed by atoms with Gasteiger partial charge in [0.2, 0.25) is 0 Å². The van der Waals surface area contributed by atoms with Crippen molar-refractivity contribution < 1.29 is 58.3 Å². The van der Waals surface area contributed by atoms with Gasteiger partial charge in [-0.2, -0.15) is 0 Å². The minimum absolute atomic E-state index is 0.0936. The van der Waals surface area contributed by atoms with E-state index in [2.05, 4.69) is 123 Å². The Hall–Kier alpha value is -3.26. The number of hydrogen-bond acceptors (Lipinski definition) is 11. The number of phosphoric ester groups is 1. The summed E-state index contributed by atoms with van der Waals surface area (Å²) in [5.41, 5.74) is 0. The van der Waals surface area contributed by atoms with Gasteiger partial charge < -0.3 is 39.9 Å². The van der Waals surface area contributed by atoms with Gasteiger partial charge >= 0.3 is 13.8 Å².